The van der Waals surface area contributed by atoms with Crippen LogP contribution in [0.5, 0.6) is 0 Å². The van der Waals surface area contributed by atoms with Crippen LogP contribution in [0.2, 0.25) is 0 Å². The average molecular weight is 453 g/mol. The number of carbonyl (C=O) groups is 1. The van der Waals surface area contributed by atoms with Crippen LogP contribution in [0.25, 0.3) is 11.2 Å². The Morgan fingerprint density at radius 1 is 1.21 bits per heavy atom. The Kier molecular flexibility index (Phi) is 6.08. The predicted octanol–water partition coefficient (Wildman–Crippen LogP) is 3.66. The van der Waals surface area contributed by atoms with Crippen LogP contribution >= 0.6 is 0 Å². The van der Waals surface area contributed by atoms with Gasteiger partial charge in [0.15, 0.2) is 17.0 Å². The van der Waals surface area contributed by atoms with Crippen molar-refractivity contribution in [2.24, 2.45) is 0 Å². The number of rotatable bonds is 6. The van der Waals surface area contributed by atoms with Crippen molar-refractivity contribution in [3.63, 3.8) is 0 Å². The van der Waals surface area contributed by atoms with Crippen molar-refractivity contribution in [3.05, 3.63) is 36.2 Å². The highest BCUT2D eigenvalue weighted by molar-refractivity contribution is 5.92. The highest BCUT2D eigenvalue weighted by atomic mass is 19.1. The van der Waals surface area contributed by atoms with Crippen LogP contribution in [0.3, 0.4) is 0 Å². The molecular formula is C23H29FN8O. The van der Waals surface area contributed by atoms with Crippen molar-refractivity contribution in [1.29, 1.82) is 0 Å². The molecule has 3 N–H and O–H groups in total. The van der Waals surface area contributed by atoms with Gasteiger partial charge in [-0.2, -0.15) is 9.97 Å². The first-order valence-electron chi connectivity index (χ1n) is 11.5. The number of hydrogen-bond donors (Lipinski definition) is 3. The molecule has 2 fully saturated rings. The molecule has 10 heteroatoms. The molecule has 1 saturated carbocycles. The maximum absolute atomic E-state index is 13.7. The van der Waals surface area contributed by atoms with Crippen molar-refractivity contribution in [2.75, 3.05) is 30.8 Å². The molecule has 0 spiro atoms. The lowest BCUT2D eigenvalue weighted by atomic mass is 9.93. The molecule has 5 rings (SSSR count). The molecule has 3 aromatic rings. The number of benzene rings is 1. The van der Waals surface area contributed by atoms with E-state index in [2.05, 4.69) is 35.8 Å². The van der Waals surface area contributed by atoms with Gasteiger partial charge in [-0.15, -0.1) is 0 Å². The van der Waals surface area contributed by atoms with Gasteiger partial charge in [0, 0.05) is 31.9 Å². The first kappa shape index (κ1) is 21.6. The maximum Gasteiger partial charge on any atom is 0.328 e. The summed E-state index contributed by atoms with van der Waals surface area (Å²) in [5, 5.41) is 9.31. The molecule has 3 heterocycles. The number of likely N-dealkylation sites (tertiary alicyclic amines) is 1. The van der Waals surface area contributed by atoms with Crippen molar-refractivity contribution in [3.8, 4) is 0 Å². The number of carbonyl (C=O) groups excluding carboxylic acids is 1. The number of alkyl halides is 1. The van der Waals surface area contributed by atoms with Gasteiger partial charge in [0.1, 0.15) is 12.5 Å². The van der Waals surface area contributed by atoms with E-state index in [4.69, 9.17) is 0 Å². The smallest absolute Gasteiger partial charge is 0.328 e. The largest absolute Gasteiger partial charge is 0.371 e. The zero-order chi connectivity index (χ0) is 22.8. The van der Waals surface area contributed by atoms with E-state index >= 15 is 0 Å². The van der Waals surface area contributed by atoms with Gasteiger partial charge in [0.05, 0.1) is 0 Å². The molecule has 1 atom stereocenters. The van der Waals surface area contributed by atoms with Gasteiger partial charge in [-0.25, -0.2) is 18.7 Å². The van der Waals surface area contributed by atoms with E-state index in [0.29, 0.717) is 42.4 Å². The number of nitrogens with one attached hydrogen (secondary N) is 3. The Balaban J connectivity index is 1.37. The van der Waals surface area contributed by atoms with Crippen LogP contribution in [0.15, 0.2) is 30.6 Å². The second kappa shape index (κ2) is 9.30. The van der Waals surface area contributed by atoms with Gasteiger partial charge in [-0.05, 0) is 56.3 Å². The quantitative estimate of drug-likeness (QED) is 0.525. The lowest BCUT2D eigenvalue weighted by molar-refractivity contribution is 0.133. The number of halogens is 1. The molecule has 1 unspecified atom stereocenters. The third-order valence-electron chi connectivity index (χ3n) is 6.32. The number of aromatic nitrogens is 4. The molecule has 1 amide bonds. The van der Waals surface area contributed by atoms with Crippen LogP contribution in [0.4, 0.5) is 26.6 Å². The van der Waals surface area contributed by atoms with Gasteiger partial charge in [-0.1, -0.05) is 12.1 Å². The molecule has 9 nitrogen and oxygen atoms in total. The summed E-state index contributed by atoms with van der Waals surface area (Å²) in [7, 11) is 1.76. The summed E-state index contributed by atoms with van der Waals surface area (Å²) >= 11 is 0. The molecule has 1 aliphatic carbocycles. The molecule has 1 aromatic carbocycles. The second-order valence-electron chi connectivity index (χ2n) is 8.81. The van der Waals surface area contributed by atoms with Gasteiger partial charge in [0.25, 0.3) is 0 Å². The van der Waals surface area contributed by atoms with E-state index in [1.807, 2.05) is 24.3 Å². The summed E-state index contributed by atoms with van der Waals surface area (Å²) in [5.74, 6) is 0.903. The SMILES string of the molecule is CNc1nc(Nc2cccc(CN3CCCC(F)C3)c2)nc2c1ncn2C(=O)NC1CCC1. The zero-order valence-electron chi connectivity index (χ0n) is 18.7. The number of fused-ring (bicyclic) bond motifs is 1. The van der Waals surface area contributed by atoms with Crippen LogP contribution in [0, 0.1) is 0 Å². The van der Waals surface area contributed by atoms with Crippen LogP contribution < -0.4 is 16.0 Å². The van der Waals surface area contributed by atoms with E-state index in [1.165, 1.54) is 10.9 Å². The number of piperidine rings is 1. The Morgan fingerprint density at radius 2 is 2.09 bits per heavy atom. The summed E-state index contributed by atoms with van der Waals surface area (Å²) in [4.78, 5) is 28.3. The van der Waals surface area contributed by atoms with Crippen molar-refractivity contribution >= 4 is 34.6 Å². The predicted molar refractivity (Wildman–Crippen MR) is 126 cm³/mol. The number of anilines is 3. The molecule has 1 aliphatic heterocycles. The van der Waals surface area contributed by atoms with E-state index in [0.717, 1.165) is 43.5 Å². The fraction of sp³-hybridized carbons (Fsp3) is 0.478. The first-order chi connectivity index (χ1) is 16.1. The van der Waals surface area contributed by atoms with E-state index in [1.54, 1.807) is 7.05 Å². The van der Waals surface area contributed by atoms with Crippen LogP contribution in [0.1, 0.15) is 37.7 Å². The summed E-state index contributed by atoms with van der Waals surface area (Å²) in [6.45, 7) is 2.10. The monoisotopic (exact) mass is 452 g/mol. The normalized spacial score (nSPS) is 19.3. The minimum absolute atomic E-state index is 0.216. The van der Waals surface area contributed by atoms with E-state index in [-0.39, 0.29) is 12.1 Å². The van der Waals surface area contributed by atoms with Crippen molar-refractivity contribution in [1.82, 2.24) is 29.7 Å². The highest BCUT2D eigenvalue weighted by Gasteiger charge is 2.23. The Hall–Kier alpha value is -3.27. The van der Waals surface area contributed by atoms with Gasteiger partial charge >= 0.3 is 6.03 Å². The van der Waals surface area contributed by atoms with E-state index in [9.17, 15) is 9.18 Å². The van der Waals surface area contributed by atoms with E-state index < -0.39 is 6.17 Å². The lowest BCUT2D eigenvalue weighted by Gasteiger charge is -2.28. The topological polar surface area (TPSA) is 100 Å². The number of hydrogen-bond acceptors (Lipinski definition) is 7. The Morgan fingerprint density at radius 3 is 2.85 bits per heavy atom. The minimum Gasteiger partial charge on any atom is -0.371 e. The molecule has 0 bridgehead atoms. The van der Waals surface area contributed by atoms with Gasteiger partial charge in [-0.3, -0.25) is 4.90 Å². The third kappa shape index (κ3) is 4.75. The maximum atomic E-state index is 13.7. The van der Waals surface area contributed by atoms with Gasteiger partial charge < -0.3 is 16.0 Å². The number of imidazole rings is 1. The average Bonchev–Trinajstić information content (AvgIpc) is 3.20. The van der Waals surface area contributed by atoms with Crippen molar-refractivity contribution < 1.29 is 9.18 Å². The lowest BCUT2D eigenvalue weighted by Crippen LogP contribution is -2.41. The fourth-order valence-corrected chi connectivity index (χ4v) is 4.35. The molecular weight excluding hydrogens is 423 g/mol. The van der Waals surface area contributed by atoms with Crippen LogP contribution in [-0.4, -0.2) is 62.8 Å². The minimum atomic E-state index is -0.744. The van der Waals surface area contributed by atoms with Gasteiger partial charge in [0.2, 0.25) is 5.95 Å². The summed E-state index contributed by atoms with van der Waals surface area (Å²) < 4.78 is 15.2. The highest BCUT2D eigenvalue weighted by Crippen LogP contribution is 2.24. The molecule has 174 valence electrons. The summed E-state index contributed by atoms with van der Waals surface area (Å²) in [6.07, 6.45) is 5.43. The molecule has 2 aromatic heterocycles. The molecule has 2 aliphatic rings. The number of amides is 1. The Labute approximate surface area is 191 Å². The molecule has 33 heavy (non-hydrogen) atoms. The standard InChI is InChI=1S/C23H29FN8O/c1-25-20-19-21(32(14-26-19)23(33)28-17-7-3-8-17)30-22(29-20)27-18-9-2-5-15(11-18)12-31-10-4-6-16(24)13-31/h2,5,9,11,14,16-17H,3-4,6-8,10,12-13H2,1H3,(H,28,33)(H2,25,27,29,30). The molecule has 0 radical (unpaired) electrons. The summed E-state index contributed by atoms with van der Waals surface area (Å²) in [6, 6.07) is 7.94. The first-order valence-corrected chi connectivity index (χ1v) is 11.5. The third-order valence-corrected chi connectivity index (χ3v) is 6.32. The Bertz CT molecular complexity index is 1140. The van der Waals surface area contributed by atoms with Crippen LogP contribution in [-0.2, 0) is 6.54 Å². The fourth-order valence-electron chi connectivity index (χ4n) is 4.35. The zero-order valence-corrected chi connectivity index (χ0v) is 18.7. The molecule has 1 saturated heterocycles. The number of nitrogens with zero attached hydrogens (tertiary/aromatic N) is 5. The summed E-state index contributed by atoms with van der Waals surface area (Å²) in [5.41, 5.74) is 2.89. The second-order valence-corrected chi connectivity index (χ2v) is 8.81. The van der Waals surface area contributed by atoms with Crippen molar-refractivity contribution in [2.45, 2.75) is 50.9 Å².